The molecule has 0 aromatic carbocycles. The van der Waals surface area contributed by atoms with Crippen LogP contribution in [0.2, 0.25) is 0 Å². The van der Waals surface area contributed by atoms with Crippen molar-refractivity contribution in [1.29, 1.82) is 0 Å². The standard InChI is InChI=1S/C19H32N2O4/c1-4-5-8-19(13-15(22)23)9-12-21(18(19)25)16(14(2)3)17(24)20-10-6-7-11-20/h14,16H,4-13H2,1-3H3,(H,22,23)/t16-,19-/m0/s1. The van der Waals surface area contributed by atoms with E-state index in [0.29, 0.717) is 19.4 Å². The molecule has 1 N–H and O–H groups in total. The smallest absolute Gasteiger partial charge is 0.304 e. The van der Waals surface area contributed by atoms with Crippen molar-refractivity contribution in [3.8, 4) is 0 Å². The molecule has 2 aliphatic heterocycles. The second-order valence-corrected chi connectivity index (χ2v) is 7.92. The van der Waals surface area contributed by atoms with Crippen molar-refractivity contribution in [2.75, 3.05) is 19.6 Å². The largest absolute Gasteiger partial charge is 0.481 e. The van der Waals surface area contributed by atoms with Gasteiger partial charge in [-0.15, -0.1) is 0 Å². The first kappa shape index (κ1) is 19.7. The van der Waals surface area contributed by atoms with Crippen LogP contribution in [-0.4, -0.2) is 58.4 Å². The molecule has 0 radical (unpaired) electrons. The van der Waals surface area contributed by atoms with Gasteiger partial charge in [0.1, 0.15) is 6.04 Å². The lowest BCUT2D eigenvalue weighted by atomic mass is 9.78. The van der Waals surface area contributed by atoms with Crippen LogP contribution < -0.4 is 0 Å². The molecule has 0 aliphatic carbocycles. The summed E-state index contributed by atoms with van der Waals surface area (Å²) in [6, 6.07) is -0.470. The Balaban J connectivity index is 2.22. The molecule has 0 unspecified atom stereocenters. The number of hydrogen-bond acceptors (Lipinski definition) is 3. The van der Waals surface area contributed by atoms with Crippen molar-refractivity contribution in [1.82, 2.24) is 9.80 Å². The zero-order chi connectivity index (χ0) is 18.6. The van der Waals surface area contributed by atoms with Gasteiger partial charge < -0.3 is 14.9 Å². The highest BCUT2D eigenvalue weighted by atomic mass is 16.4. The molecule has 2 amide bonds. The number of carbonyl (C=O) groups excluding carboxylic acids is 2. The molecular weight excluding hydrogens is 320 g/mol. The Morgan fingerprint density at radius 1 is 1.20 bits per heavy atom. The quantitative estimate of drug-likeness (QED) is 0.728. The van der Waals surface area contributed by atoms with Crippen molar-refractivity contribution >= 4 is 17.8 Å². The Morgan fingerprint density at radius 2 is 1.84 bits per heavy atom. The molecule has 0 aromatic rings. The van der Waals surface area contributed by atoms with Gasteiger partial charge in [0, 0.05) is 19.6 Å². The van der Waals surface area contributed by atoms with Crippen LogP contribution in [0.1, 0.15) is 65.7 Å². The van der Waals surface area contributed by atoms with Crippen LogP contribution in [0.25, 0.3) is 0 Å². The first-order valence-corrected chi connectivity index (χ1v) is 9.64. The molecule has 0 bridgehead atoms. The Morgan fingerprint density at radius 3 is 2.36 bits per heavy atom. The highest BCUT2D eigenvalue weighted by molar-refractivity contribution is 5.93. The third kappa shape index (κ3) is 4.15. The van der Waals surface area contributed by atoms with Crippen molar-refractivity contribution in [3.63, 3.8) is 0 Å². The van der Waals surface area contributed by atoms with E-state index >= 15 is 0 Å². The average Bonchev–Trinajstić information content (AvgIpc) is 3.17. The third-order valence-electron chi connectivity index (χ3n) is 5.68. The summed E-state index contributed by atoms with van der Waals surface area (Å²) >= 11 is 0. The van der Waals surface area contributed by atoms with Crippen LogP contribution in [-0.2, 0) is 14.4 Å². The van der Waals surface area contributed by atoms with Crippen LogP contribution in [0.3, 0.4) is 0 Å². The van der Waals surface area contributed by atoms with E-state index in [1.165, 1.54) is 0 Å². The second kappa shape index (κ2) is 8.19. The van der Waals surface area contributed by atoms with E-state index in [1.807, 2.05) is 25.7 Å². The van der Waals surface area contributed by atoms with Crippen LogP contribution in [0, 0.1) is 11.3 Å². The molecule has 2 aliphatic rings. The lowest BCUT2D eigenvalue weighted by Crippen LogP contribution is -2.52. The van der Waals surface area contributed by atoms with Crippen molar-refractivity contribution in [2.45, 2.75) is 71.8 Å². The van der Waals surface area contributed by atoms with Crippen LogP contribution >= 0.6 is 0 Å². The monoisotopic (exact) mass is 352 g/mol. The zero-order valence-corrected chi connectivity index (χ0v) is 15.8. The SMILES string of the molecule is CCCC[C@@]1(CC(=O)O)CCN([C@H](C(=O)N2CCCC2)C(C)C)C1=O. The minimum Gasteiger partial charge on any atom is -0.481 e. The highest BCUT2D eigenvalue weighted by Crippen LogP contribution is 2.42. The van der Waals surface area contributed by atoms with E-state index in [2.05, 4.69) is 0 Å². The predicted octanol–water partition coefficient (Wildman–Crippen LogP) is 2.52. The van der Waals surface area contributed by atoms with E-state index in [1.54, 1.807) is 4.90 Å². The van der Waals surface area contributed by atoms with Gasteiger partial charge in [-0.2, -0.15) is 0 Å². The fraction of sp³-hybridized carbons (Fsp3) is 0.842. The molecule has 25 heavy (non-hydrogen) atoms. The van der Waals surface area contributed by atoms with Gasteiger partial charge in [-0.1, -0.05) is 33.6 Å². The maximum Gasteiger partial charge on any atom is 0.304 e. The molecule has 2 fully saturated rings. The molecule has 2 saturated heterocycles. The predicted molar refractivity (Wildman–Crippen MR) is 95.0 cm³/mol. The van der Waals surface area contributed by atoms with E-state index in [9.17, 15) is 19.5 Å². The maximum absolute atomic E-state index is 13.2. The molecule has 142 valence electrons. The molecule has 0 spiro atoms. The van der Waals surface area contributed by atoms with Gasteiger partial charge in [-0.25, -0.2) is 0 Å². The fourth-order valence-electron chi connectivity index (χ4n) is 4.30. The Hall–Kier alpha value is -1.59. The number of hydrogen-bond donors (Lipinski definition) is 1. The minimum atomic E-state index is -0.932. The van der Waals surface area contributed by atoms with Gasteiger partial charge in [-0.3, -0.25) is 14.4 Å². The molecule has 2 atom stereocenters. The van der Waals surface area contributed by atoms with Crippen molar-refractivity contribution < 1.29 is 19.5 Å². The molecular formula is C19H32N2O4. The Kier molecular flexibility index (Phi) is 6.47. The number of nitrogens with zero attached hydrogens (tertiary/aromatic N) is 2. The first-order chi connectivity index (χ1) is 11.8. The van der Waals surface area contributed by atoms with Crippen molar-refractivity contribution in [3.05, 3.63) is 0 Å². The fourth-order valence-corrected chi connectivity index (χ4v) is 4.30. The van der Waals surface area contributed by atoms with Crippen LogP contribution in [0.5, 0.6) is 0 Å². The molecule has 6 heteroatoms. The van der Waals surface area contributed by atoms with E-state index < -0.39 is 17.4 Å². The number of carboxylic acid groups (broad SMARTS) is 1. The van der Waals surface area contributed by atoms with Gasteiger partial charge in [0.05, 0.1) is 11.8 Å². The molecule has 2 rings (SSSR count). The maximum atomic E-state index is 13.2. The van der Waals surface area contributed by atoms with E-state index in [4.69, 9.17) is 0 Å². The number of rotatable bonds is 8. The summed E-state index contributed by atoms with van der Waals surface area (Å²) in [7, 11) is 0. The number of unbranched alkanes of at least 4 members (excludes halogenated alkanes) is 1. The molecule has 0 saturated carbocycles. The topological polar surface area (TPSA) is 77.9 Å². The summed E-state index contributed by atoms with van der Waals surface area (Å²) < 4.78 is 0. The summed E-state index contributed by atoms with van der Waals surface area (Å²) in [5, 5.41) is 9.33. The van der Waals surface area contributed by atoms with Gasteiger partial charge in [0.15, 0.2) is 0 Å². The Labute approximate surface area is 150 Å². The highest BCUT2D eigenvalue weighted by Gasteiger charge is 2.51. The molecule has 6 nitrogen and oxygen atoms in total. The third-order valence-corrected chi connectivity index (χ3v) is 5.68. The summed E-state index contributed by atoms with van der Waals surface area (Å²) in [5.41, 5.74) is -0.833. The number of aliphatic carboxylic acids is 1. The number of likely N-dealkylation sites (tertiary alicyclic amines) is 2. The minimum absolute atomic E-state index is 0.0175. The molecule has 2 heterocycles. The zero-order valence-electron chi connectivity index (χ0n) is 15.8. The summed E-state index contributed by atoms with van der Waals surface area (Å²) in [5.74, 6) is -1.01. The molecule has 0 aromatic heterocycles. The van der Waals surface area contributed by atoms with E-state index in [0.717, 1.165) is 38.8 Å². The number of carbonyl (C=O) groups is 3. The van der Waals surface area contributed by atoms with Gasteiger partial charge in [0.2, 0.25) is 11.8 Å². The van der Waals surface area contributed by atoms with Gasteiger partial charge in [-0.05, 0) is 31.6 Å². The van der Waals surface area contributed by atoms with Gasteiger partial charge >= 0.3 is 5.97 Å². The van der Waals surface area contributed by atoms with E-state index in [-0.39, 0.29) is 24.2 Å². The number of carboxylic acids is 1. The number of amides is 2. The van der Waals surface area contributed by atoms with Crippen molar-refractivity contribution in [2.24, 2.45) is 11.3 Å². The summed E-state index contributed by atoms with van der Waals surface area (Å²) in [4.78, 5) is 41.1. The van der Waals surface area contributed by atoms with Crippen LogP contribution in [0.4, 0.5) is 0 Å². The van der Waals surface area contributed by atoms with Gasteiger partial charge in [0.25, 0.3) is 0 Å². The summed E-state index contributed by atoms with van der Waals surface area (Å²) in [6.07, 6.45) is 4.79. The summed E-state index contributed by atoms with van der Waals surface area (Å²) in [6.45, 7) is 7.99. The second-order valence-electron chi connectivity index (χ2n) is 7.92. The lowest BCUT2D eigenvalue weighted by Gasteiger charge is -2.35. The normalized spacial score (nSPS) is 25.0. The van der Waals surface area contributed by atoms with Crippen LogP contribution in [0.15, 0.2) is 0 Å². The first-order valence-electron chi connectivity index (χ1n) is 9.64. The average molecular weight is 352 g/mol. The Bertz CT molecular complexity index is 514. The lowest BCUT2D eigenvalue weighted by molar-refractivity contribution is -0.152.